The van der Waals surface area contributed by atoms with Crippen molar-refractivity contribution in [1.29, 1.82) is 5.26 Å². The fourth-order valence-electron chi connectivity index (χ4n) is 2.36. The Labute approximate surface area is 107 Å². The first-order valence-corrected chi connectivity index (χ1v) is 6.55. The van der Waals surface area contributed by atoms with E-state index in [9.17, 15) is 0 Å². The van der Waals surface area contributed by atoms with Crippen LogP contribution < -0.4 is 4.90 Å². The molecule has 2 aliphatic rings. The van der Waals surface area contributed by atoms with Crippen molar-refractivity contribution in [3.63, 3.8) is 0 Å². The van der Waals surface area contributed by atoms with Gasteiger partial charge in [-0.15, -0.1) is 0 Å². The molecule has 5 heteroatoms. The first-order valence-electron chi connectivity index (χ1n) is 6.55. The number of rotatable bonds is 3. The molecule has 1 saturated carbocycles. The van der Waals surface area contributed by atoms with E-state index in [4.69, 9.17) is 5.26 Å². The molecule has 0 N–H and O–H groups in total. The minimum atomic E-state index is 0.445. The normalized spacial score (nSPS) is 20.7. The third kappa shape index (κ3) is 2.59. The average Bonchev–Trinajstić information content (AvgIpc) is 3.24. The molecule has 0 spiro atoms. The summed E-state index contributed by atoms with van der Waals surface area (Å²) >= 11 is 0. The molecule has 0 atom stereocenters. The fraction of sp³-hybridized carbons (Fsp3) is 0.615. The Morgan fingerprint density at radius 3 is 2.72 bits per heavy atom. The van der Waals surface area contributed by atoms with Crippen LogP contribution in [0.15, 0.2) is 12.3 Å². The molecule has 1 saturated heterocycles. The van der Waals surface area contributed by atoms with Gasteiger partial charge in [-0.3, -0.25) is 4.90 Å². The number of piperazine rings is 1. The Balaban J connectivity index is 1.59. The fourth-order valence-corrected chi connectivity index (χ4v) is 2.36. The molecule has 5 nitrogen and oxygen atoms in total. The first-order chi connectivity index (χ1) is 8.85. The van der Waals surface area contributed by atoms with Gasteiger partial charge in [0.25, 0.3) is 0 Å². The van der Waals surface area contributed by atoms with E-state index in [2.05, 4.69) is 25.8 Å². The van der Waals surface area contributed by atoms with Crippen LogP contribution in [-0.4, -0.2) is 47.6 Å². The van der Waals surface area contributed by atoms with Gasteiger partial charge < -0.3 is 4.90 Å². The van der Waals surface area contributed by atoms with E-state index in [0.29, 0.717) is 11.6 Å². The van der Waals surface area contributed by atoms with E-state index in [1.165, 1.54) is 19.4 Å². The Morgan fingerprint density at radius 1 is 1.28 bits per heavy atom. The second-order valence-electron chi connectivity index (χ2n) is 5.08. The van der Waals surface area contributed by atoms with Gasteiger partial charge in [0.05, 0.1) is 0 Å². The van der Waals surface area contributed by atoms with Gasteiger partial charge in [-0.25, -0.2) is 9.97 Å². The van der Waals surface area contributed by atoms with Crippen molar-refractivity contribution in [2.75, 3.05) is 37.6 Å². The number of hydrogen-bond donors (Lipinski definition) is 0. The Morgan fingerprint density at radius 2 is 2.06 bits per heavy atom. The molecular formula is C13H17N5. The summed E-state index contributed by atoms with van der Waals surface area (Å²) in [4.78, 5) is 13.2. The summed E-state index contributed by atoms with van der Waals surface area (Å²) in [5, 5.41) is 8.84. The highest BCUT2D eigenvalue weighted by atomic mass is 15.3. The van der Waals surface area contributed by atoms with E-state index in [1.807, 2.05) is 0 Å². The molecule has 1 aromatic heterocycles. The molecule has 0 unspecified atom stereocenters. The van der Waals surface area contributed by atoms with Crippen LogP contribution in [0.1, 0.15) is 18.5 Å². The zero-order chi connectivity index (χ0) is 12.4. The highest BCUT2D eigenvalue weighted by Crippen LogP contribution is 2.30. The monoisotopic (exact) mass is 243 g/mol. The largest absolute Gasteiger partial charge is 0.338 e. The summed E-state index contributed by atoms with van der Waals surface area (Å²) in [5.41, 5.74) is 0.445. The van der Waals surface area contributed by atoms with E-state index < -0.39 is 0 Å². The predicted molar refractivity (Wildman–Crippen MR) is 68.1 cm³/mol. The molecule has 0 aromatic carbocycles. The Kier molecular flexibility index (Phi) is 3.11. The average molecular weight is 243 g/mol. The van der Waals surface area contributed by atoms with E-state index in [0.717, 1.165) is 32.1 Å². The Hall–Kier alpha value is -1.67. The standard InChI is InChI=1S/C13H17N5/c14-9-12-3-4-15-13(16-12)18-7-5-17(6-8-18)10-11-1-2-11/h3-4,11H,1-2,5-8,10H2. The molecule has 2 heterocycles. The van der Waals surface area contributed by atoms with Crippen LogP contribution in [0.25, 0.3) is 0 Å². The number of anilines is 1. The number of hydrogen-bond acceptors (Lipinski definition) is 5. The van der Waals surface area contributed by atoms with Gasteiger partial charge in [0, 0.05) is 38.9 Å². The van der Waals surface area contributed by atoms with Crippen molar-refractivity contribution in [2.24, 2.45) is 5.92 Å². The third-order valence-corrected chi connectivity index (χ3v) is 3.63. The number of nitriles is 1. The van der Waals surface area contributed by atoms with Crippen molar-refractivity contribution >= 4 is 5.95 Å². The van der Waals surface area contributed by atoms with Gasteiger partial charge in [-0.2, -0.15) is 5.26 Å². The minimum absolute atomic E-state index is 0.445. The molecule has 0 radical (unpaired) electrons. The van der Waals surface area contributed by atoms with Crippen LogP contribution in [0.3, 0.4) is 0 Å². The summed E-state index contributed by atoms with van der Waals surface area (Å²) in [6, 6.07) is 3.71. The maximum absolute atomic E-state index is 8.84. The first kappa shape index (κ1) is 11.4. The molecule has 2 fully saturated rings. The van der Waals surface area contributed by atoms with Crippen LogP contribution in [0.5, 0.6) is 0 Å². The molecule has 1 aromatic rings. The summed E-state index contributed by atoms with van der Waals surface area (Å²) in [6.07, 6.45) is 4.48. The molecule has 1 aliphatic heterocycles. The number of nitrogens with zero attached hydrogens (tertiary/aromatic N) is 5. The predicted octanol–water partition coefficient (Wildman–Crippen LogP) is 0.880. The van der Waals surface area contributed by atoms with E-state index >= 15 is 0 Å². The smallest absolute Gasteiger partial charge is 0.226 e. The van der Waals surface area contributed by atoms with E-state index in [1.54, 1.807) is 12.3 Å². The molecule has 18 heavy (non-hydrogen) atoms. The zero-order valence-corrected chi connectivity index (χ0v) is 10.4. The second kappa shape index (κ2) is 4.91. The van der Waals surface area contributed by atoms with Crippen molar-refractivity contribution in [1.82, 2.24) is 14.9 Å². The molecular weight excluding hydrogens is 226 g/mol. The van der Waals surface area contributed by atoms with Crippen molar-refractivity contribution in [2.45, 2.75) is 12.8 Å². The maximum atomic E-state index is 8.84. The Bertz CT molecular complexity index is 455. The summed E-state index contributed by atoms with van der Waals surface area (Å²) < 4.78 is 0. The lowest BCUT2D eigenvalue weighted by atomic mass is 10.3. The maximum Gasteiger partial charge on any atom is 0.226 e. The van der Waals surface area contributed by atoms with Crippen molar-refractivity contribution in [3.05, 3.63) is 18.0 Å². The second-order valence-corrected chi connectivity index (χ2v) is 5.08. The van der Waals surface area contributed by atoms with Crippen LogP contribution in [0.2, 0.25) is 0 Å². The lowest BCUT2D eigenvalue weighted by Gasteiger charge is -2.34. The summed E-state index contributed by atoms with van der Waals surface area (Å²) in [6.45, 7) is 5.34. The highest BCUT2D eigenvalue weighted by Gasteiger charge is 2.26. The molecule has 3 rings (SSSR count). The van der Waals surface area contributed by atoms with Crippen LogP contribution in [0, 0.1) is 17.2 Å². The van der Waals surface area contributed by atoms with Gasteiger partial charge >= 0.3 is 0 Å². The topological polar surface area (TPSA) is 56.1 Å². The summed E-state index contributed by atoms with van der Waals surface area (Å²) in [5.74, 6) is 1.65. The van der Waals surface area contributed by atoms with Crippen LogP contribution in [0.4, 0.5) is 5.95 Å². The molecule has 0 bridgehead atoms. The quantitative estimate of drug-likeness (QED) is 0.789. The van der Waals surface area contributed by atoms with Gasteiger partial charge in [0.2, 0.25) is 5.95 Å². The molecule has 1 aliphatic carbocycles. The lowest BCUT2D eigenvalue weighted by molar-refractivity contribution is 0.247. The van der Waals surface area contributed by atoms with Crippen molar-refractivity contribution < 1.29 is 0 Å². The lowest BCUT2D eigenvalue weighted by Crippen LogP contribution is -2.47. The zero-order valence-electron chi connectivity index (χ0n) is 10.4. The number of aromatic nitrogens is 2. The SMILES string of the molecule is N#Cc1ccnc(N2CCN(CC3CC3)CC2)n1. The van der Waals surface area contributed by atoms with Gasteiger partial charge in [-0.1, -0.05) is 0 Å². The molecule has 94 valence electrons. The van der Waals surface area contributed by atoms with Gasteiger partial charge in [-0.05, 0) is 24.8 Å². The van der Waals surface area contributed by atoms with Crippen LogP contribution in [-0.2, 0) is 0 Å². The minimum Gasteiger partial charge on any atom is -0.338 e. The highest BCUT2D eigenvalue weighted by molar-refractivity contribution is 5.34. The van der Waals surface area contributed by atoms with Gasteiger partial charge in [0.1, 0.15) is 11.8 Å². The third-order valence-electron chi connectivity index (χ3n) is 3.63. The van der Waals surface area contributed by atoms with Gasteiger partial charge in [0.15, 0.2) is 0 Å². The van der Waals surface area contributed by atoms with Crippen molar-refractivity contribution in [3.8, 4) is 6.07 Å². The van der Waals surface area contributed by atoms with Crippen LogP contribution >= 0.6 is 0 Å². The van der Waals surface area contributed by atoms with E-state index in [-0.39, 0.29) is 0 Å². The molecule has 0 amide bonds. The summed E-state index contributed by atoms with van der Waals surface area (Å²) in [7, 11) is 0.